The molecule has 0 bridgehead atoms. The predicted molar refractivity (Wildman–Crippen MR) is 48.3 cm³/mol. The fourth-order valence-corrected chi connectivity index (χ4v) is 0. The van der Waals surface area contributed by atoms with Gasteiger partial charge in [-0.2, -0.15) is 0 Å². The van der Waals surface area contributed by atoms with Gasteiger partial charge in [-0.05, 0) is 4.99 Å². The van der Waals surface area contributed by atoms with Crippen LogP contribution < -0.4 is 0 Å². The van der Waals surface area contributed by atoms with Crippen molar-refractivity contribution in [3.63, 3.8) is 0 Å². The van der Waals surface area contributed by atoms with Gasteiger partial charge in [-0.15, -0.1) is 0 Å². The summed E-state index contributed by atoms with van der Waals surface area (Å²) >= 11 is 2.91. The lowest BCUT2D eigenvalue weighted by Crippen LogP contribution is -1.47. The molecule has 0 radical (unpaired) electrons. The standard InChI is InChI=1S/C4H10.C2H3Br.Mg.2H/c1-3-4-2;1-2-3;;;/h3-4H2,1-2H3;2H,1H2;;;. The van der Waals surface area contributed by atoms with Gasteiger partial charge in [0.1, 0.15) is 0 Å². The molecule has 0 aliphatic rings. The third-order valence-electron chi connectivity index (χ3n) is 0.500. The van der Waals surface area contributed by atoms with Crippen LogP contribution in [0.2, 0.25) is 0 Å². The zero-order valence-electron chi connectivity index (χ0n) is 5.08. The van der Waals surface area contributed by atoms with Gasteiger partial charge in [-0.1, -0.05) is 49.2 Å². The molecular formula is C6H15BrMg. The summed E-state index contributed by atoms with van der Waals surface area (Å²) < 4.78 is 0. The molecule has 8 heavy (non-hydrogen) atoms. The summed E-state index contributed by atoms with van der Waals surface area (Å²) in [5, 5.41) is 0. The molecule has 0 heterocycles. The van der Waals surface area contributed by atoms with Crippen LogP contribution in [-0.4, -0.2) is 23.1 Å². The van der Waals surface area contributed by atoms with Gasteiger partial charge in [-0.3, -0.25) is 0 Å². The first-order chi connectivity index (χ1) is 3.33. The lowest BCUT2D eigenvalue weighted by Gasteiger charge is -1.68. The second-order valence-electron chi connectivity index (χ2n) is 1.15. The first kappa shape index (κ1) is 16.0. The molecular weight excluding hydrogens is 176 g/mol. The molecule has 0 unspecified atom stereocenters. The molecule has 0 fully saturated rings. The van der Waals surface area contributed by atoms with Gasteiger partial charge < -0.3 is 0 Å². The van der Waals surface area contributed by atoms with Crippen LogP contribution in [0.3, 0.4) is 0 Å². The Kier molecular flexibility index (Phi) is 49.0. The Bertz CT molecular complexity index is 27.7. The minimum Gasteiger partial charge on any atom is -0.0921 e. The second kappa shape index (κ2) is 24.5. The highest BCUT2D eigenvalue weighted by Crippen LogP contribution is 1.76. The van der Waals surface area contributed by atoms with E-state index in [1.807, 2.05) is 0 Å². The normalized spacial score (nSPS) is 5.38. The van der Waals surface area contributed by atoms with E-state index in [9.17, 15) is 0 Å². The van der Waals surface area contributed by atoms with Gasteiger partial charge >= 0.3 is 23.1 Å². The Morgan fingerprint density at radius 2 is 1.50 bits per heavy atom. The SMILES string of the molecule is C=CBr.CCCC.[MgH2]. The van der Waals surface area contributed by atoms with Crippen LogP contribution in [0, 0.1) is 0 Å². The zero-order chi connectivity index (χ0) is 6.12. The van der Waals surface area contributed by atoms with Gasteiger partial charge in [0.2, 0.25) is 0 Å². The fourth-order valence-electron chi connectivity index (χ4n) is 0. The van der Waals surface area contributed by atoms with Gasteiger partial charge in [-0.25, -0.2) is 0 Å². The fraction of sp³-hybridized carbons (Fsp3) is 0.667. The Labute approximate surface area is 77.0 Å². The second-order valence-corrected chi connectivity index (χ2v) is 1.80. The van der Waals surface area contributed by atoms with E-state index in [4.69, 9.17) is 0 Å². The molecule has 0 aromatic rings. The number of unbranched alkanes of at least 4 members (excludes halogenated alkanes) is 1. The van der Waals surface area contributed by atoms with E-state index in [1.165, 1.54) is 12.8 Å². The minimum absolute atomic E-state index is 0. The molecule has 0 saturated carbocycles. The van der Waals surface area contributed by atoms with Crippen molar-refractivity contribution in [1.29, 1.82) is 0 Å². The predicted octanol–water partition coefficient (Wildman–Crippen LogP) is 2.42. The Morgan fingerprint density at radius 1 is 1.38 bits per heavy atom. The molecule has 48 valence electrons. The van der Waals surface area contributed by atoms with Crippen molar-refractivity contribution >= 4 is 39.0 Å². The lowest BCUT2D eigenvalue weighted by atomic mass is 10.4. The molecule has 0 aromatic heterocycles. The Hall–Kier alpha value is 0.986. The van der Waals surface area contributed by atoms with E-state index >= 15 is 0 Å². The number of hydrogen-bond donors (Lipinski definition) is 0. The summed E-state index contributed by atoms with van der Waals surface area (Å²) in [5.41, 5.74) is 0. The molecule has 0 saturated heterocycles. The van der Waals surface area contributed by atoms with Crippen LogP contribution in [0.1, 0.15) is 26.7 Å². The summed E-state index contributed by atoms with van der Waals surface area (Å²) in [6.07, 6.45) is 2.64. The van der Waals surface area contributed by atoms with Crippen molar-refractivity contribution in [2.24, 2.45) is 0 Å². The average molecular weight is 191 g/mol. The summed E-state index contributed by atoms with van der Waals surface area (Å²) in [4.78, 5) is 1.56. The third-order valence-corrected chi connectivity index (χ3v) is 0.500. The number of rotatable bonds is 1. The van der Waals surface area contributed by atoms with E-state index in [-0.39, 0.29) is 23.1 Å². The van der Waals surface area contributed by atoms with Crippen LogP contribution in [0.5, 0.6) is 0 Å². The minimum atomic E-state index is 0. The van der Waals surface area contributed by atoms with Gasteiger partial charge in [0, 0.05) is 0 Å². The highest BCUT2D eigenvalue weighted by molar-refractivity contribution is 9.11. The van der Waals surface area contributed by atoms with Crippen LogP contribution in [0.25, 0.3) is 0 Å². The summed E-state index contributed by atoms with van der Waals surface area (Å²) in [6.45, 7) is 7.64. The maximum absolute atomic E-state index is 3.28. The van der Waals surface area contributed by atoms with Crippen molar-refractivity contribution in [2.45, 2.75) is 26.7 Å². The first-order valence-electron chi connectivity index (χ1n) is 2.54. The highest BCUT2D eigenvalue weighted by atomic mass is 79.9. The molecule has 0 aromatic carbocycles. The topological polar surface area (TPSA) is 0 Å². The van der Waals surface area contributed by atoms with Crippen molar-refractivity contribution in [3.8, 4) is 0 Å². The van der Waals surface area contributed by atoms with E-state index in [0.717, 1.165) is 0 Å². The highest BCUT2D eigenvalue weighted by Gasteiger charge is 1.56. The lowest BCUT2D eigenvalue weighted by molar-refractivity contribution is 0.886. The molecule has 0 aliphatic carbocycles. The van der Waals surface area contributed by atoms with Crippen molar-refractivity contribution in [2.75, 3.05) is 0 Å². The van der Waals surface area contributed by atoms with E-state index < -0.39 is 0 Å². The molecule has 0 atom stereocenters. The molecule has 0 N–H and O–H groups in total. The van der Waals surface area contributed by atoms with Crippen molar-refractivity contribution in [3.05, 3.63) is 11.6 Å². The summed E-state index contributed by atoms with van der Waals surface area (Å²) in [6, 6.07) is 0. The maximum Gasteiger partial charge on any atom is 0.316 e. The van der Waals surface area contributed by atoms with Crippen LogP contribution in [0.15, 0.2) is 11.6 Å². The summed E-state index contributed by atoms with van der Waals surface area (Å²) in [5.74, 6) is 0. The van der Waals surface area contributed by atoms with Crippen LogP contribution in [-0.2, 0) is 0 Å². The third kappa shape index (κ3) is 63.5. The smallest absolute Gasteiger partial charge is 0.0921 e. The van der Waals surface area contributed by atoms with Crippen molar-refractivity contribution in [1.82, 2.24) is 0 Å². The van der Waals surface area contributed by atoms with Gasteiger partial charge in [0.25, 0.3) is 0 Å². The van der Waals surface area contributed by atoms with Crippen LogP contribution in [0.4, 0.5) is 0 Å². The number of hydrogen-bond acceptors (Lipinski definition) is 0. The Morgan fingerprint density at radius 3 is 1.50 bits per heavy atom. The monoisotopic (exact) mass is 190 g/mol. The molecule has 0 spiro atoms. The van der Waals surface area contributed by atoms with E-state index in [2.05, 4.69) is 36.4 Å². The van der Waals surface area contributed by atoms with E-state index in [0.29, 0.717) is 0 Å². The molecule has 0 nitrogen and oxygen atoms in total. The van der Waals surface area contributed by atoms with Gasteiger partial charge in [0.15, 0.2) is 0 Å². The van der Waals surface area contributed by atoms with Gasteiger partial charge in [0.05, 0.1) is 0 Å². The zero-order valence-corrected chi connectivity index (χ0v) is 6.66. The Balaban J connectivity index is -0.0000000575. The molecule has 2 heteroatoms. The first-order valence-corrected chi connectivity index (χ1v) is 3.46. The van der Waals surface area contributed by atoms with E-state index in [1.54, 1.807) is 4.99 Å². The van der Waals surface area contributed by atoms with Crippen LogP contribution >= 0.6 is 15.9 Å². The number of halogens is 1. The molecule has 0 aliphatic heterocycles. The maximum atomic E-state index is 3.28. The molecule has 0 rings (SSSR count). The quantitative estimate of drug-likeness (QED) is 0.558. The summed E-state index contributed by atoms with van der Waals surface area (Å²) in [7, 11) is 0. The molecule has 0 amide bonds. The van der Waals surface area contributed by atoms with Crippen molar-refractivity contribution < 1.29 is 0 Å². The largest absolute Gasteiger partial charge is 0.316 e. The average Bonchev–Trinajstić information content (AvgIpc) is 1.69.